The molecule has 3 heterocycles. The van der Waals surface area contributed by atoms with Gasteiger partial charge in [-0.25, -0.2) is 14.4 Å². The molecule has 8 nitrogen and oxygen atoms in total. The Bertz CT molecular complexity index is 1130. The van der Waals surface area contributed by atoms with Crippen molar-refractivity contribution >= 4 is 22.6 Å². The van der Waals surface area contributed by atoms with Gasteiger partial charge < -0.3 is 15.7 Å². The Balaban J connectivity index is 1.91. The standard InChI is InChI=1S/C22H25FN6O2/c1-4-6-25-17-9-19(29-7-5-15-8-14(10-24)11-27-20(15)29)26-12-16(17)21(30)28-13-18(23)22(2,3)31/h5,7-9,11-12,18,31H,4,6,13H2,1-3H3,(H,25,26)(H,28,30). The number of aromatic nitrogens is 3. The second kappa shape index (κ2) is 9.10. The Labute approximate surface area is 179 Å². The Kier molecular flexibility index (Phi) is 6.51. The molecule has 31 heavy (non-hydrogen) atoms. The summed E-state index contributed by atoms with van der Waals surface area (Å²) in [5.74, 6) is 0.0564. The first kappa shape index (κ1) is 22.2. The molecule has 9 heteroatoms. The van der Waals surface area contributed by atoms with Crippen molar-refractivity contribution in [2.75, 3.05) is 18.4 Å². The highest BCUT2D eigenvalue weighted by Crippen LogP contribution is 2.23. The van der Waals surface area contributed by atoms with Crippen molar-refractivity contribution in [1.29, 1.82) is 5.26 Å². The molecular weight excluding hydrogens is 399 g/mol. The third-order valence-corrected chi connectivity index (χ3v) is 4.81. The minimum atomic E-state index is -1.61. The Hall–Kier alpha value is -3.51. The molecule has 0 aromatic carbocycles. The van der Waals surface area contributed by atoms with Gasteiger partial charge in [0.2, 0.25) is 0 Å². The summed E-state index contributed by atoms with van der Waals surface area (Å²) in [5, 5.41) is 25.3. The molecule has 1 unspecified atom stereocenters. The largest absolute Gasteiger partial charge is 0.387 e. The number of carbonyl (C=O) groups is 1. The maximum atomic E-state index is 14.0. The van der Waals surface area contributed by atoms with Crippen LogP contribution in [0.1, 0.15) is 43.1 Å². The number of amides is 1. The van der Waals surface area contributed by atoms with E-state index in [0.717, 1.165) is 11.8 Å². The zero-order valence-electron chi connectivity index (χ0n) is 17.7. The summed E-state index contributed by atoms with van der Waals surface area (Å²) in [6, 6.07) is 7.37. The molecule has 0 bridgehead atoms. The molecule has 0 aliphatic carbocycles. The molecule has 1 atom stereocenters. The molecule has 162 valence electrons. The number of alkyl halides is 1. The lowest BCUT2D eigenvalue weighted by Crippen LogP contribution is -2.42. The van der Waals surface area contributed by atoms with Gasteiger partial charge in [0.05, 0.1) is 29.0 Å². The summed E-state index contributed by atoms with van der Waals surface area (Å²) < 4.78 is 15.8. The molecule has 0 fully saturated rings. The maximum absolute atomic E-state index is 14.0. The van der Waals surface area contributed by atoms with Crippen molar-refractivity contribution in [3.8, 4) is 11.9 Å². The summed E-state index contributed by atoms with van der Waals surface area (Å²) in [5.41, 5.74) is 0.380. The first-order valence-electron chi connectivity index (χ1n) is 10.0. The molecule has 3 rings (SSSR count). The van der Waals surface area contributed by atoms with E-state index < -0.39 is 17.7 Å². The number of halogens is 1. The number of nitrogens with zero attached hydrogens (tertiary/aromatic N) is 4. The SMILES string of the molecule is CCCNc1cc(-n2ccc3cc(C#N)cnc32)ncc1C(=O)NCC(F)C(C)(C)O. The lowest BCUT2D eigenvalue weighted by Gasteiger charge is -2.22. The normalized spacial score (nSPS) is 12.4. The van der Waals surface area contributed by atoms with Crippen LogP contribution < -0.4 is 10.6 Å². The number of nitriles is 1. The molecule has 0 spiro atoms. The Morgan fingerprint density at radius 3 is 2.81 bits per heavy atom. The second-order valence-electron chi connectivity index (χ2n) is 7.78. The van der Waals surface area contributed by atoms with Crippen LogP contribution in [-0.2, 0) is 0 Å². The van der Waals surface area contributed by atoms with E-state index >= 15 is 0 Å². The molecule has 0 aliphatic rings. The van der Waals surface area contributed by atoms with Crippen LogP contribution in [0.2, 0.25) is 0 Å². The van der Waals surface area contributed by atoms with Crippen LogP contribution in [0, 0.1) is 11.3 Å². The average molecular weight is 424 g/mol. The van der Waals surface area contributed by atoms with Crippen LogP contribution in [-0.4, -0.2) is 50.4 Å². The minimum absolute atomic E-state index is 0.274. The van der Waals surface area contributed by atoms with Crippen molar-refractivity contribution < 1.29 is 14.3 Å². The van der Waals surface area contributed by atoms with Gasteiger partial charge in [0.25, 0.3) is 5.91 Å². The highest BCUT2D eigenvalue weighted by Gasteiger charge is 2.27. The molecule has 0 radical (unpaired) electrons. The van der Waals surface area contributed by atoms with E-state index in [4.69, 9.17) is 5.26 Å². The van der Waals surface area contributed by atoms with Gasteiger partial charge in [-0.2, -0.15) is 5.26 Å². The summed E-state index contributed by atoms with van der Waals surface area (Å²) in [6.07, 6.45) is 3.95. The monoisotopic (exact) mass is 424 g/mol. The van der Waals surface area contributed by atoms with Crippen LogP contribution in [0.25, 0.3) is 16.9 Å². The van der Waals surface area contributed by atoms with Gasteiger partial charge in [-0.05, 0) is 32.4 Å². The fourth-order valence-corrected chi connectivity index (χ4v) is 2.96. The van der Waals surface area contributed by atoms with E-state index in [2.05, 4.69) is 26.7 Å². The van der Waals surface area contributed by atoms with E-state index in [9.17, 15) is 14.3 Å². The minimum Gasteiger partial charge on any atom is -0.387 e. The van der Waals surface area contributed by atoms with Gasteiger partial charge in [0.15, 0.2) is 0 Å². The van der Waals surface area contributed by atoms with Crippen LogP contribution in [0.5, 0.6) is 0 Å². The third kappa shape index (κ3) is 4.98. The van der Waals surface area contributed by atoms with E-state index in [-0.39, 0.29) is 12.1 Å². The van der Waals surface area contributed by atoms with E-state index in [1.54, 1.807) is 22.9 Å². The van der Waals surface area contributed by atoms with Crippen LogP contribution in [0.4, 0.5) is 10.1 Å². The van der Waals surface area contributed by atoms with Crippen molar-refractivity contribution in [3.63, 3.8) is 0 Å². The number of hydrogen-bond acceptors (Lipinski definition) is 6. The smallest absolute Gasteiger partial charge is 0.255 e. The number of aliphatic hydroxyl groups is 1. The Morgan fingerprint density at radius 1 is 1.35 bits per heavy atom. The van der Waals surface area contributed by atoms with Crippen molar-refractivity contribution in [3.05, 3.63) is 47.9 Å². The highest BCUT2D eigenvalue weighted by atomic mass is 19.1. The van der Waals surface area contributed by atoms with Gasteiger partial charge in [-0.15, -0.1) is 0 Å². The molecular formula is C22H25FN6O2. The van der Waals surface area contributed by atoms with Crippen molar-refractivity contribution in [2.24, 2.45) is 0 Å². The summed E-state index contributed by atoms with van der Waals surface area (Å²) in [7, 11) is 0. The lowest BCUT2D eigenvalue weighted by molar-refractivity contribution is -0.00177. The molecule has 1 amide bonds. The molecule has 0 saturated heterocycles. The van der Waals surface area contributed by atoms with Gasteiger partial charge >= 0.3 is 0 Å². The topological polar surface area (TPSA) is 116 Å². The predicted molar refractivity (Wildman–Crippen MR) is 116 cm³/mol. The van der Waals surface area contributed by atoms with Crippen LogP contribution in [0.3, 0.4) is 0 Å². The zero-order chi connectivity index (χ0) is 22.6. The van der Waals surface area contributed by atoms with Gasteiger partial charge in [0.1, 0.15) is 23.7 Å². The predicted octanol–water partition coefficient (Wildman–Crippen LogP) is 2.95. The van der Waals surface area contributed by atoms with E-state index in [1.165, 1.54) is 26.2 Å². The molecule has 3 N–H and O–H groups in total. The van der Waals surface area contributed by atoms with E-state index in [0.29, 0.717) is 29.3 Å². The quantitative estimate of drug-likeness (QED) is 0.512. The lowest BCUT2D eigenvalue weighted by atomic mass is 10.0. The molecule has 0 saturated carbocycles. The fourth-order valence-electron chi connectivity index (χ4n) is 2.96. The number of anilines is 1. The highest BCUT2D eigenvalue weighted by molar-refractivity contribution is 5.99. The second-order valence-corrected chi connectivity index (χ2v) is 7.78. The Morgan fingerprint density at radius 2 is 2.13 bits per heavy atom. The number of nitrogens with one attached hydrogen (secondary N) is 2. The van der Waals surface area contributed by atoms with Crippen molar-refractivity contribution in [2.45, 2.75) is 39.0 Å². The van der Waals surface area contributed by atoms with E-state index in [1.807, 2.05) is 13.0 Å². The van der Waals surface area contributed by atoms with Crippen LogP contribution in [0.15, 0.2) is 36.8 Å². The molecule has 3 aromatic rings. The van der Waals surface area contributed by atoms with Crippen LogP contribution >= 0.6 is 0 Å². The molecule has 0 aliphatic heterocycles. The fraction of sp³-hybridized carbons (Fsp3) is 0.364. The summed E-state index contributed by atoms with van der Waals surface area (Å²) in [4.78, 5) is 21.4. The summed E-state index contributed by atoms with van der Waals surface area (Å²) in [6.45, 7) is 5.02. The number of rotatable bonds is 8. The number of pyridine rings is 2. The van der Waals surface area contributed by atoms with Gasteiger partial charge in [0, 0.05) is 36.6 Å². The first-order chi connectivity index (χ1) is 14.7. The number of fused-ring (bicyclic) bond motifs is 1. The summed E-state index contributed by atoms with van der Waals surface area (Å²) >= 11 is 0. The third-order valence-electron chi connectivity index (χ3n) is 4.81. The molecule has 3 aromatic heterocycles. The number of carbonyl (C=O) groups excluding carboxylic acids is 1. The zero-order valence-corrected chi connectivity index (χ0v) is 17.7. The van der Waals surface area contributed by atoms with Gasteiger partial charge in [-0.1, -0.05) is 6.92 Å². The number of hydrogen-bond donors (Lipinski definition) is 3. The first-order valence-corrected chi connectivity index (χ1v) is 10.0. The van der Waals surface area contributed by atoms with Gasteiger partial charge in [-0.3, -0.25) is 9.36 Å². The average Bonchev–Trinajstić information content (AvgIpc) is 3.17. The van der Waals surface area contributed by atoms with Crippen molar-refractivity contribution in [1.82, 2.24) is 19.9 Å². The maximum Gasteiger partial charge on any atom is 0.255 e.